The van der Waals surface area contributed by atoms with Crippen LogP contribution >= 0.6 is 0 Å². The highest BCUT2D eigenvalue weighted by molar-refractivity contribution is 5.73. The van der Waals surface area contributed by atoms with E-state index in [0.717, 1.165) is 17.8 Å². The van der Waals surface area contributed by atoms with Crippen LogP contribution in [0.3, 0.4) is 0 Å². The van der Waals surface area contributed by atoms with Gasteiger partial charge in [0, 0.05) is 44.3 Å². The average Bonchev–Trinajstić information content (AvgIpc) is 3.13. The van der Waals surface area contributed by atoms with Crippen molar-refractivity contribution in [3.8, 4) is 17.0 Å². The quantitative estimate of drug-likeness (QED) is 0.604. The molecular formula is C20H28N4O5. The summed E-state index contributed by atoms with van der Waals surface area (Å²) in [6.07, 6.45) is 0.399. The molecule has 2 heterocycles. The number of benzene rings is 1. The lowest BCUT2D eigenvalue weighted by Gasteiger charge is -2.19. The van der Waals surface area contributed by atoms with Crippen LogP contribution in [0.1, 0.15) is 12.6 Å². The number of phenolic OH excluding ortho intramolecular Hbond substituents is 1. The Morgan fingerprint density at radius 1 is 1.07 bits per heavy atom. The summed E-state index contributed by atoms with van der Waals surface area (Å²) in [5.74, 6) is 0.318. The summed E-state index contributed by atoms with van der Waals surface area (Å²) >= 11 is 0. The number of aromatic hydroxyl groups is 1. The fraction of sp³-hybridized carbons (Fsp3) is 0.500. The maximum atomic E-state index is 10.4. The predicted octanol–water partition coefficient (Wildman–Crippen LogP) is 1.79. The van der Waals surface area contributed by atoms with Gasteiger partial charge in [-0.05, 0) is 30.7 Å². The van der Waals surface area contributed by atoms with Gasteiger partial charge in [0.2, 0.25) is 5.95 Å². The topological polar surface area (TPSA) is 112 Å². The number of aryl methyl sites for hydroxylation is 1. The van der Waals surface area contributed by atoms with E-state index in [0.29, 0.717) is 24.3 Å². The van der Waals surface area contributed by atoms with Crippen LogP contribution in [0.5, 0.6) is 5.75 Å². The second kappa shape index (κ2) is 9.84. The Hall–Kier alpha value is -2.46. The van der Waals surface area contributed by atoms with Gasteiger partial charge in [0.1, 0.15) is 31.5 Å². The normalized spacial score (nSPS) is 19.1. The van der Waals surface area contributed by atoms with Crippen molar-refractivity contribution in [3.63, 3.8) is 0 Å². The maximum absolute atomic E-state index is 10.4. The fourth-order valence-corrected chi connectivity index (χ4v) is 3.35. The largest absolute Gasteiger partial charge is 0.507 e. The number of phenols is 1. The van der Waals surface area contributed by atoms with E-state index in [2.05, 4.69) is 14.9 Å². The van der Waals surface area contributed by atoms with Gasteiger partial charge < -0.3 is 34.7 Å². The van der Waals surface area contributed by atoms with Crippen molar-refractivity contribution in [2.45, 2.75) is 25.6 Å². The molecule has 2 aromatic rings. The summed E-state index contributed by atoms with van der Waals surface area (Å²) in [5.41, 5.74) is 8.77. The molecule has 0 spiro atoms. The van der Waals surface area contributed by atoms with Gasteiger partial charge in [-0.2, -0.15) is 0 Å². The summed E-state index contributed by atoms with van der Waals surface area (Å²) in [4.78, 5) is 10.6. The SMILES string of the molecule is CCc1cc(-c2cc(N3C[C@H](OCOC)[C@@H](OCOC)C3)ccc2O)nc(N)n1. The summed E-state index contributed by atoms with van der Waals surface area (Å²) < 4.78 is 21.6. The third-order valence-electron chi connectivity index (χ3n) is 4.80. The van der Waals surface area contributed by atoms with E-state index < -0.39 is 0 Å². The smallest absolute Gasteiger partial charge is 0.220 e. The van der Waals surface area contributed by atoms with Crippen molar-refractivity contribution in [2.24, 2.45) is 0 Å². The molecule has 29 heavy (non-hydrogen) atoms. The molecule has 9 heteroatoms. The van der Waals surface area contributed by atoms with Gasteiger partial charge in [-0.3, -0.25) is 0 Å². The predicted molar refractivity (Wildman–Crippen MR) is 109 cm³/mol. The first-order chi connectivity index (χ1) is 14.0. The van der Waals surface area contributed by atoms with Crippen LogP contribution < -0.4 is 10.6 Å². The summed E-state index contributed by atoms with van der Waals surface area (Å²) in [6, 6.07) is 7.25. The first-order valence-electron chi connectivity index (χ1n) is 9.48. The molecule has 1 fully saturated rings. The van der Waals surface area contributed by atoms with Crippen molar-refractivity contribution >= 4 is 11.6 Å². The zero-order chi connectivity index (χ0) is 20.8. The molecule has 2 atom stereocenters. The number of nitrogens with zero attached hydrogens (tertiary/aromatic N) is 3. The lowest BCUT2D eigenvalue weighted by Crippen LogP contribution is -2.31. The van der Waals surface area contributed by atoms with E-state index in [-0.39, 0.29) is 37.5 Å². The van der Waals surface area contributed by atoms with Gasteiger partial charge in [-0.1, -0.05) is 6.92 Å². The van der Waals surface area contributed by atoms with Gasteiger partial charge in [-0.15, -0.1) is 0 Å². The van der Waals surface area contributed by atoms with Crippen LogP contribution in [0.2, 0.25) is 0 Å². The minimum absolute atomic E-state index is 0.132. The molecule has 9 nitrogen and oxygen atoms in total. The van der Waals surface area contributed by atoms with Gasteiger partial charge in [0.15, 0.2) is 0 Å². The van der Waals surface area contributed by atoms with E-state index in [1.54, 1.807) is 20.3 Å². The number of hydrogen-bond acceptors (Lipinski definition) is 9. The highest BCUT2D eigenvalue weighted by Crippen LogP contribution is 2.34. The number of hydrogen-bond donors (Lipinski definition) is 2. The third kappa shape index (κ3) is 5.13. The molecule has 0 saturated carbocycles. The number of ether oxygens (including phenoxy) is 4. The van der Waals surface area contributed by atoms with Crippen LogP contribution in [0.4, 0.5) is 11.6 Å². The zero-order valence-corrected chi connectivity index (χ0v) is 17.0. The van der Waals surface area contributed by atoms with E-state index in [9.17, 15) is 5.11 Å². The first-order valence-corrected chi connectivity index (χ1v) is 9.48. The van der Waals surface area contributed by atoms with Crippen LogP contribution in [0, 0.1) is 0 Å². The summed E-state index contributed by atoms with van der Waals surface area (Å²) in [6.45, 7) is 3.60. The average molecular weight is 404 g/mol. The van der Waals surface area contributed by atoms with Crippen molar-refractivity contribution < 1.29 is 24.1 Å². The molecule has 158 valence electrons. The molecule has 1 aliphatic heterocycles. The van der Waals surface area contributed by atoms with Crippen molar-refractivity contribution in [2.75, 3.05) is 51.5 Å². The minimum atomic E-state index is -0.163. The van der Waals surface area contributed by atoms with E-state index in [4.69, 9.17) is 24.7 Å². The monoisotopic (exact) mass is 404 g/mol. The standard InChI is InChI=1S/C20H28N4O5/c1-4-13-7-16(23-20(21)22-13)15-8-14(5-6-17(15)25)24-9-18(28-11-26-2)19(10-24)29-12-27-3/h5-8,18-19,25H,4,9-12H2,1-3H3,(H2,21,22,23)/t18-,19-/m0/s1. The molecule has 1 saturated heterocycles. The third-order valence-corrected chi connectivity index (χ3v) is 4.80. The molecule has 0 radical (unpaired) electrons. The molecule has 0 unspecified atom stereocenters. The Kier molecular flexibility index (Phi) is 7.21. The number of aromatic nitrogens is 2. The molecule has 3 rings (SSSR count). The molecule has 0 aliphatic carbocycles. The molecular weight excluding hydrogens is 376 g/mol. The number of nitrogen functional groups attached to an aromatic ring is 1. The van der Waals surface area contributed by atoms with Crippen LogP contribution in [0.25, 0.3) is 11.3 Å². The van der Waals surface area contributed by atoms with E-state index in [1.165, 1.54) is 0 Å². The molecule has 1 aromatic heterocycles. The van der Waals surface area contributed by atoms with Crippen LogP contribution in [-0.4, -0.2) is 68.2 Å². The Bertz CT molecular complexity index is 803. The van der Waals surface area contributed by atoms with Crippen LogP contribution in [0.15, 0.2) is 24.3 Å². The fourth-order valence-electron chi connectivity index (χ4n) is 3.35. The minimum Gasteiger partial charge on any atom is -0.507 e. The van der Waals surface area contributed by atoms with Gasteiger partial charge in [0.25, 0.3) is 0 Å². The van der Waals surface area contributed by atoms with Crippen molar-refractivity contribution in [1.82, 2.24) is 9.97 Å². The Balaban J connectivity index is 1.86. The molecule has 3 N–H and O–H groups in total. The lowest BCUT2D eigenvalue weighted by atomic mass is 10.1. The number of rotatable bonds is 9. The molecule has 0 amide bonds. The van der Waals surface area contributed by atoms with Crippen molar-refractivity contribution in [1.29, 1.82) is 0 Å². The Morgan fingerprint density at radius 3 is 2.31 bits per heavy atom. The highest BCUT2D eigenvalue weighted by Gasteiger charge is 2.35. The Labute approximate surface area is 170 Å². The second-order valence-corrected chi connectivity index (χ2v) is 6.79. The number of anilines is 2. The summed E-state index contributed by atoms with van der Waals surface area (Å²) in [7, 11) is 3.17. The van der Waals surface area contributed by atoms with Crippen molar-refractivity contribution in [3.05, 3.63) is 30.0 Å². The van der Waals surface area contributed by atoms with Crippen LogP contribution in [-0.2, 0) is 25.4 Å². The van der Waals surface area contributed by atoms with E-state index in [1.807, 2.05) is 25.1 Å². The number of methoxy groups -OCH3 is 2. The van der Waals surface area contributed by atoms with Gasteiger partial charge in [0.05, 0.1) is 5.69 Å². The number of nitrogens with two attached hydrogens (primary N) is 1. The lowest BCUT2D eigenvalue weighted by molar-refractivity contribution is -0.139. The second-order valence-electron chi connectivity index (χ2n) is 6.79. The maximum Gasteiger partial charge on any atom is 0.220 e. The van der Waals surface area contributed by atoms with Gasteiger partial charge in [-0.25, -0.2) is 9.97 Å². The Morgan fingerprint density at radius 2 is 1.72 bits per heavy atom. The molecule has 1 aliphatic rings. The van der Waals surface area contributed by atoms with E-state index >= 15 is 0 Å². The first kappa shape index (κ1) is 21.3. The van der Waals surface area contributed by atoms with Gasteiger partial charge >= 0.3 is 0 Å². The molecule has 0 bridgehead atoms. The highest BCUT2D eigenvalue weighted by atomic mass is 16.7. The summed E-state index contributed by atoms with van der Waals surface area (Å²) in [5, 5.41) is 10.4. The zero-order valence-electron chi connectivity index (χ0n) is 17.0. The molecule has 1 aromatic carbocycles.